The van der Waals surface area contributed by atoms with E-state index in [0.717, 1.165) is 0 Å². The van der Waals surface area contributed by atoms with Crippen LogP contribution in [0.5, 0.6) is 0 Å². The molecule has 0 bridgehead atoms. The second-order valence-corrected chi connectivity index (χ2v) is 11.2. The third-order valence-electron chi connectivity index (χ3n) is 5.30. The van der Waals surface area contributed by atoms with E-state index in [4.69, 9.17) is 14.0 Å². The van der Waals surface area contributed by atoms with Crippen LogP contribution >= 0.6 is 0 Å². The Morgan fingerprint density at radius 3 is 1.91 bits per heavy atom. The average molecular weight is 566 g/mol. The third-order valence-corrected chi connectivity index (χ3v) is 8.15. The second-order valence-electron chi connectivity index (χ2n) is 7.76. The molecule has 35 heavy (non-hydrogen) atoms. The molecular formula is C17H25F6NO9S2. The zero-order valence-electron chi connectivity index (χ0n) is 18.6. The molecule has 1 saturated heterocycles. The SMILES string of the molecule is CCC(C)C(=O)OCCCOC(=O)C1CCN(S(=O)(=O)C(F)(F)C(F)(F)C(F)(F)S(=O)(=O)O)CC1. The van der Waals surface area contributed by atoms with E-state index in [-0.39, 0.29) is 29.9 Å². The molecule has 0 aliphatic carbocycles. The predicted octanol–water partition coefficient (Wildman–Crippen LogP) is 2.26. The summed E-state index contributed by atoms with van der Waals surface area (Å²) in [4.78, 5) is 23.5. The number of alkyl halides is 6. The van der Waals surface area contributed by atoms with E-state index in [0.29, 0.717) is 6.42 Å². The summed E-state index contributed by atoms with van der Waals surface area (Å²) in [6.45, 7) is 1.28. The molecule has 1 heterocycles. The summed E-state index contributed by atoms with van der Waals surface area (Å²) < 4.78 is 145. The number of halogens is 6. The van der Waals surface area contributed by atoms with Crippen LogP contribution in [0.2, 0.25) is 0 Å². The molecule has 1 fully saturated rings. The summed E-state index contributed by atoms with van der Waals surface area (Å²) in [5.41, 5.74) is 0. The maximum Gasteiger partial charge on any atom is 0.439 e. The van der Waals surface area contributed by atoms with Crippen LogP contribution < -0.4 is 0 Å². The monoisotopic (exact) mass is 565 g/mol. The van der Waals surface area contributed by atoms with Crippen molar-refractivity contribution in [2.24, 2.45) is 11.8 Å². The minimum atomic E-state index is -7.11. The van der Waals surface area contributed by atoms with Crippen molar-refractivity contribution in [1.29, 1.82) is 0 Å². The van der Waals surface area contributed by atoms with E-state index in [2.05, 4.69) is 0 Å². The summed E-state index contributed by atoms with van der Waals surface area (Å²) in [6.07, 6.45) is -0.284. The number of hydrogen-bond acceptors (Lipinski definition) is 8. The van der Waals surface area contributed by atoms with Crippen molar-refractivity contribution in [3.63, 3.8) is 0 Å². The quantitative estimate of drug-likeness (QED) is 0.163. The van der Waals surface area contributed by atoms with Gasteiger partial charge in [-0.3, -0.25) is 14.1 Å². The average Bonchev–Trinajstić information content (AvgIpc) is 2.76. The lowest BCUT2D eigenvalue weighted by Crippen LogP contribution is -2.63. The number of sulfonamides is 1. The lowest BCUT2D eigenvalue weighted by Gasteiger charge is -2.36. The molecule has 1 rings (SSSR count). The Balaban J connectivity index is 2.72. The van der Waals surface area contributed by atoms with E-state index >= 15 is 0 Å². The van der Waals surface area contributed by atoms with E-state index in [1.165, 1.54) is 0 Å². The summed E-state index contributed by atoms with van der Waals surface area (Å²) in [6, 6.07) is 0. The zero-order chi connectivity index (χ0) is 27.5. The third kappa shape index (κ3) is 6.37. The first-order valence-corrected chi connectivity index (χ1v) is 13.1. The van der Waals surface area contributed by atoms with Crippen LogP contribution in [0.1, 0.15) is 39.5 Å². The molecule has 1 N–H and O–H groups in total. The van der Waals surface area contributed by atoms with Crippen molar-refractivity contribution in [3.8, 4) is 0 Å². The number of piperidine rings is 1. The van der Waals surface area contributed by atoms with E-state index in [9.17, 15) is 52.8 Å². The Kier molecular flexibility index (Phi) is 10.0. The molecule has 0 radical (unpaired) electrons. The van der Waals surface area contributed by atoms with Crippen molar-refractivity contribution in [2.75, 3.05) is 26.3 Å². The molecule has 1 aliphatic rings. The summed E-state index contributed by atoms with van der Waals surface area (Å²) in [5, 5.41) is -13.4. The van der Waals surface area contributed by atoms with Crippen molar-refractivity contribution in [2.45, 2.75) is 56.0 Å². The van der Waals surface area contributed by atoms with Gasteiger partial charge in [0, 0.05) is 19.5 Å². The van der Waals surface area contributed by atoms with Crippen LogP contribution in [0, 0.1) is 11.8 Å². The van der Waals surface area contributed by atoms with Gasteiger partial charge >= 0.3 is 38.5 Å². The highest BCUT2D eigenvalue weighted by Crippen LogP contribution is 2.51. The highest BCUT2D eigenvalue weighted by Gasteiger charge is 2.82. The lowest BCUT2D eigenvalue weighted by atomic mass is 9.98. The molecule has 10 nitrogen and oxygen atoms in total. The fraction of sp³-hybridized carbons (Fsp3) is 0.882. The van der Waals surface area contributed by atoms with Gasteiger partial charge in [-0.1, -0.05) is 13.8 Å². The second kappa shape index (κ2) is 11.2. The van der Waals surface area contributed by atoms with Crippen LogP contribution in [0.3, 0.4) is 0 Å². The Labute approximate surface area is 197 Å². The standard InChI is InChI=1S/C17H25F6NO9S2/c1-3-11(2)13(25)32-9-4-10-33-14(26)12-5-7-24(8-6-12)34(27,28)16(20,21)15(18,19)17(22,23)35(29,30)31/h11-12H,3-10H2,1-2H3,(H,29,30,31). The molecule has 18 heteroatoms. The molecule has 206 valence electrons. The van der Waals surface area contributed by atoms with E-state index in [1.54, 1.807) is 13.8 Å². The number of carbonyl (C=O) groups is 2. The minimum Gasteiger partial charge on any atom is -0.465 e. The molecule has 0 saturated carbocycles. The van der Waals surface area contributed by atoms with Gasteiger partial charge in [-0.05, 0) is 19.3 Å². The number of ether oxygens (including phenoxy) is 2. The maximum absolute atomic E-state index is 14.1. The summed E-state index contributed by atoms with van der Waals surface area (Å²) in [5.74, 6) is -9.68. The molecule has 1 atom stereocenters. The van der Waals surface area contributed by atoms with Gasteiger partial charge in [-0.25, -0.2) is 8.42 Å². The smallest absolute Gasteiger partial charge is 0.439 e. The van der Waals surface area contributed by atoms with Crippen molar-refractivity contribution in [1.82, 2.24) is 4.31 Å². The molecule has 1 unspecified atom stereocenters. The van der Waals surface area contributed by atoms with Gasteiger partial charge in [-0.2, -0.15) is 39.1 Å². The fourth-order valence-corrected chi connectivity index (χ4v) is 4.80. The first-order valence-electron chi connectivity index (χ1n) is 10.2. The number of carbonyl (C=O) groups excluding carboxylic acids is 2. The normalized spacial score (nSPS) is 18.2. The van der Waals surface area contributed by atoms with Gasteiger partial charge in [0.15, 0.2) is 0 Å². The Hall–Kier alpha value is -1.66. The lowest BCUT2D eigenvalue weighted by molar-refractivity contribution is -0.247. The number of esters is 2. The largest absolute Gasteiger partial charge is 0.465 e. The molecule has 1 aliphatic heterocycles. The van der Waals surface area contributed by atoms with E-state index in [1.807, 2.05) is 0 Å². The Morgan fingerprint density at radius 1 is 0.971 bits per heavy atom. The van der Waals surface area contributed by atoms with E-state index < -0.39 is 80.4 Å². The molecule has 0 aromatic heterocycles. The highest BCUT2D eigenvalue weighted by molar-refractivity contribution is 7.90. The molecule has 0 amide bonds. The number of hydrogen-bond donors (Lipinski definition) is 1. The molecular weight excluding hydrogens is 540 g/mol. The van der Waals surface area contributed by atoms with Gasteiger partial charge in [0.2, 0.25) is 0 Å². The first kappa shape index (κ1) is 31.4. The zero-order valence-corrected chi connectivity index (χ0v) is 20.2. The van der Waals surface area contributed by atoms with Crippen molar-refractivity contribution < 1.29 is 66.8 Å². The van der Waals surface area contributed by atoms with Gasteiger partial charge < -0.3 is 9.47 Å². The maximum atomic E-state index is 14.1. The molecule has 0 spiro atoms. The molecule has 0 aromatic rings. The van der Waals surface area contributed by atoms with Gasteiger partial charge in [0.1, 0.15) is 0 Å². The fourth-order valence-electron chi connectivity index (χ4n) is 2.82. The van der Waals surface area contributed by atoms with Gasteiger partial charge in [0.25, 0.3) is 10.0 Å². The van der Waals surface area contributed by atoms with Crippen LogP contribution in [0.4, 0.5) is 26.3 Å². The summed E-state index contributed by atoms with van der Waals surface area (Å²) >= 11 is 0. The van der Waals surface area contributed by atoms with Gasteiger partial charge in [-0.15, -0.1) is 0 Å². The number of nitrogens with zero attached hydrogens (tertiary/aromatic N) is 1. The predicted molar refractivity (Wildman–Crippen MR) is 106 cm³/mol. The van der Waals surface area contributed by atoms with Crippen molar-refractivity contribution >= 4 is 32.1 Å². The van der Waals surface area contributed by atoms with Crippen LogP contribution in [0.25, 0.3) is 0 Å². The van der Waals surface area contributed by atoms with Crippen molar-refractivity contribution in [3.05, 3.63) is 0 Å². The summed E-state index contributed by atoms with van der Waals surface area (Å²) in [7, 11) is -13.7. The van der Waals surface area contributed by atoms with Crippen LogP contribution in [0.15, 0.2) is 0 Å². The Bertz CT molecular complexity index is 980. The minimum absolute atomic E-state index is 0.0510. The first-order chi connectivity index (χ1) is 15.8. The van der Waals surface area contributed by atoms with Gasteiger partial charge in [0.05, 0.1) is 25.0 Å². The topological polar surface area (TPSA) is 144 Å². The molecule has 0 aromatic carbocycles. The highest BCUT2D eigenvalue weighted by atomic mass is 32.2. The Morgan fingerprint density at radius 2 is 1.46 bits per heavy atom. The van der Waals surface area contributed by atoms with Crippen LogP contribution in [-0.4, -0.2) is 80.4 Å². The number of rotatable bonds is 12. The van der Waals surface area contributed by atoms with Crippen LogP contribution in [-0.2, 0) is 39.2 Å².